The second-order valence-corrected chi connectivity index (χ2v) is 7.08. The van der Waals surface area contributed by atoms with Gasteiger partial charge in [-0.25, -0.2) is 0 Å². The highest BCUT2D eigenvalue weighted by atomic mass is 35.5. The lowest BCUT2D eigenvalue weighted by atomic mass is 10.1. The number of carbonyl (C=O) groups excluding carboxylic acids is 1. The Morgan fingerprint density at radius 1 is 1.16 bits per heavy atom. The molecule has 1 atom stereocenters. The molecule has 2 aromatic carbocycles. The number of halogens is 1. The van der Waals surface area contributed by atoms with Crippen molar-refractivity contribution >= 4 is 28.9 Å². The molecule has 2 N–H and O–H groups in total. The van der Waals surface area contributed by atoms with Crippen LogP contribution in [0.5, 0.6) is 0 Å². The van der Waals surface area contributed by atoms with Gasteiger partial charge in [0.25, 0.3) is 5.91 Å². The minimum absolute atomic E-state index is 0.0751. The second kappa shape index (κ2) is 7.89. The Bertz CT molecular complexity index is 741. The average molecular weight is 359 g/mol. The third kappa shape index (κ3) is 4.33. The molecule has 2 aromatic rings. The van der Waals surface area contributed by atoms with Crippen molar-refractivity contribution in [1.82, 2.24) is 0 Å². The third-order valence-electron chi connectivity index (χ3n) is 4.89. The van der Waals surface area contributed by atoms with Gasteiger partial charge in [-0.05, 0) is 43.7 Å². The average Bonchev–Trinajstić information content (AvgIpc) is 2.62. The maximum Gasteiger partial charge on any atom is 0.282 e. The molecule has 132 valence electrons. The van der Waals surface area contributed by atoms with Crippen LogP contribution in [-0.2, 0) is 4.79 Å². The third-order valence-corrected chi connectivity index (χ3v) is 5.21. The Hall–Kier alpha value is -2.04. The summed E-state index contributed by atoms with van der Waals surface area (Å²) >= 11 is 6.30. The van der Waals surface area contributed by atoms with Crippen LogP contribution < -0.4 is 15.1 Å². The molecule has 3 rings (SSSR count). The smallest absolute Gasteiger partial charge is 0.282 e. The summed E-state index contributed by atoms with van der Waals surface area (Å²) < 4.78 is 0. The number of hydrogen-bond acceptors (Lipinski definition) is 2. The summed E-state index contributed by atoms with van der Waals surface area (Å²) in [6.07, 6.45) is 0. The van der Waals surface area contributed by atoms with Crippen molar-refractivity contribution in [3.05, 3.63) is 59.1 Å². The van der Waals surface area contributed by atoms with E-state index in [1.54, 1.807) is 0 Å². The number of aryl methyl sites for hydroxylation is 1. The van der Waals surface area contributed by atoms with Gasteiger partial charge in [-0.3, -0.25) is 4.79 Å². The van der Waals surface area contributed by atoms with Gasteiger partial charge in [0.1, 0.15) is 0 Å². The van der Waals surface area contributed by atoms with Gasteiger partial charge in [0.15, 0.2) is 6.04 Å². The number of anilines is 2. The first-order valence-electron chi connectivity index (χ1n) is 8.76. The summed E-state index contributed by atoms with van der Waals surface area (Å²) in [6.45, 7) is 7.69. The fourth-order valence-corrected chi connectivity index (χ4v) is 3.59. The van der Waals surface area contributed by atoms with E-state index in [-0.39, 0.29) is 11.9 Å². The van der Waals surface area contributed by atoms with Gasteiger partial charge < -0.3 is 15.1 Å². The van der Waals surface area contributed by atoms with Crippen LogP contribution in [-0.4, -0.2) is 38.1 Å². The standard InChI is InChI=1S/C20H24ClN3O/c1-15-6-5-7-17(14-15)22-20(25)16(2)23-10-12-24(13-11-23)19-9-4-3-8-18(19)21/h3-9,14,16H,10-13H2,1-2H3,(H,22,25)/p+1/t16-/m0/s1. The van der Waals surface area contributed by atoms with E-state index < -0.39 is 0 Å². The van der Waals surface area contributed by atoms with Crippen LogP contribution in [0, 0.1) is 6.92 Å². The molecule has 0 saturated carbocycles. The predicted molar refractivity (Wildman–Crippen MR) is 104 cm³/mol. The zero-order chi connectivity index (χ0) is 17.8. The quantitative estimate of drug-likeness (QED) is 0.880. The van der Waals surface area contributed by atoms with Crippen LogP contribution >= 0.6 is 11.6 Å². The molecule has 0 aromatic heterocycles. The number of rotatable bonds is 4. The lowest BCUT2D eigenvalue weighted by Gasteiger charge is -2.36. The minimum Gasteiger partial charge on any atom is -0.359 e. The van der Waals surface area contributed by atoms with E-state index in [2.05, 4.69) is 16.3 Å². The summed E-state index contributed by atoms with van der Waals surface area (Å²) in [4.78, 5) is 16.2. The summed E-state index contributed by atoms with van der Waals surface area (Å²) in [7, 11) is 0. The van der Waals surface area contributed by atoms with Gasteiger partial charge >= 0.3 is 0 Å². The molecule has 5 heteroatoms. The number of hydrogen-bond donors (Lipinski definition) is 2. The van der Waals surface area contributed by atoms with E-state index in [4.69, 9.17) is 11.6 Å². The Kier molecular flexibility index (Phi) is 5.61. The number of quaternary nitrogens is 1. The first-order chi connectivity index (χ1) is 12.0. The van der Waals surface area contributed by atoms with Crippen molar-refractivity contribution < 1.29 is 9.69 Å². The number of para-hydroxylation sites is 1. The lowest BCUT2D eigenvalue weighted by Crippen LogP contribution is -3.19. The minimum atomic E-state index is -0.0751. The number of piperazine rings is 1. The topological polar surface area (TPSA) is 36.8 Å². The van der Waals surface area contributed by atoms with Crippen molar-refractivity contribution in [3.8, 4) is 0 Å². The van der Waals surface area contributed by atoms with E-state index >= 15 is 0 Å². The van der Waals surface area contributed by atoms with Crippen LogP contribution in [0.25, 0.3) is 0 Å². The number of nitrogens with zero attached hydrogens (tertiary/aromatic N) is 1. The molecular weight excluding hydrogens is 334 g/mol. The van der Waals surface area contributed by atoms with Crippen molar-refractivity contribution in [3.63, 3.8) is 0 Å². The van der Waals surface area contributed by atoms with Gasteiger partial charge in [0.05, 0.1) is 36.9 Å². The van der Waals surface area contributed by atoms with E-state index in [1.807, 2.05) is 56.3 Å². The van der Waals surface area contributed by atoms with Gasteiger partial charge in [-0.1, -0.05) is 35.9 Å². The van der Waals surface area contributed by atoms with E-state index in [9.17, 15) is 4.79 Å². The lowest BCUT2D eigenvalue weighted by molar-refractivity contribution is -0.914. The number of amides is 1. The molecular formula is C20H25ClN3O+. The van der Waals surface area contributed by atoms with Crippen LogP contribution in [0.1, 0.15) is 12.5 Å². The molecule has 0 unspecified atom stereocenters. The fourth-order valence-electron chi connectivity index (χ4n) is 3.33. The van der Waals surface area contributed by atoms with E-state index in [0.717, 1.165) is 48.1 Å². The number of nitrogens with one attached hydrogen (secondary N) is 2. The fraction of sp³-hybridized carbons (Fsp3) is 0.350. The number of carbonyl (C=O) groups is 1. The Morgan fingerprint density at radius 3 is 2.56 bits per heavy atom. The highest BCUT2D eigenvalue weighted by Gasteiger charge is 2.29. The van der Waals surface area contributed by atoms with Crippen molar-refractivity contribution in [2.75, 3.05) is 36.4 Å². The molecule has 1 heterocycles. The van der Waals surface area contributed by atoms with Crippen LogP contribution in [0.2, 0.25) is 5.02 Å². The predicted octanol–water partition coefficient (Wildman–Crippen LogP) is 2.38. The highest BCUT2D eigenvalue weighted by molar-refractivity contribution is 6.33. The van der Waals surface area contributed by atoms with Gasteiger partial charge in [-0.2, -0.15) is 0 Å². The first-order valence-corrected chi connectivity index (χ1v) is 9.14. The van der Waals surface area contributed by atoms with Crippen molar-refractivity contribution in [2.45, 2.75) is 19.9 Å². The first kappa shape index (κ1) is 17.8. The molecule has 0 aliphatic carbocycles. The van der Waals surface area contributed by atoms with Gasteiger partial charge in [-0.15, -0.1) is 0 Å². The molecule has 1 fully saturated rings. The van der Waals surface area contributed by atoms with Gasteiger partial charge in [0.2, 0.25) is 0 Å². The van der Waals surface area contributed by atoms with E-state index in [1.165, 1.54) is 4.90 Å². The monoisotopic (exact) mass is 358 g/mol. The summed E-state index contributed by atoms with van der Waals surface area (Å²) in [6, 6.07) is 15.8. The molecule has 4 nitrogen and oxygen atoms in total. The Morgan fingerprint density at radius 2 is 1.88 bits per heavy atom. The van der Waals surface area contributed by atoms with Crippen molar-refractivity contribution in [1.29, 1.82) is 0 Å². The Balaban J connectivity index is 1.57. The number of benzene rings is 2. The SMILES string of the molecule is Cc1cccc(NC(=O)[C@H](C)[NH+]2CCN(c3ccccc3Cl)CC2)c1. The molecule has 1 aliphatic rings. The molecule has 1 saturated heterocycles. The molecule has 0 radical (unpaired) electrons. The molecule has 1 amide bonds. The molecule has 25 heavy (non-hydrogen) atoms. The molecule has 1 aliphatic heterocycles. The highest BCUT2D eigenvalue weighted by Crippen LogP contribution is 2.24. The van der Waals surface area contributed by atoms with Crippen LogP contribution in [0.4, 0.5) is 11.4 Å². The maximum atomic E-state index is 12.6. The summed E-state index contributed by atoms with van der Waals surface area (Å²) in [5.41, 5.74) is 3.09. The van der Waals surface area contributed by atoms with E-state index in [0.29, 0.717) is 0 Å². The maximum absolute atomic E-state index is 12.6. The van der Waals surface area contributed by atoms with Crippen LogP contribution in [0.3, 0.4) is 0 Å². The zero-order valence-corrected chi connectivity index (χ0v) is 15.5. The van der Waals surface area contributed by atoms with Crippen molar-refractivity contribution in [2.24, 2.45) is 0 Å². The van der Waals surface area contributed by atoms with Gasteiger partial charge in [0, 0.05) is 5.69 Å². The molecule has 0 bridgehead atoms. The van der Waals surface area contributed by atoms with Crippen LogP contribution in [0.15, 0.2) is 48.5 Å². The summed E-state index contributed by atoms with van der Waals surface area (Å²) in [5.74, 6) is 0.0757. The largest absolute Gasteiger partial charge is 0.359 e. The molecule has 0 spiro atoms. The second-order valence-electron chi connectivity index (χ2n) is 6.68. The summed E-state index contributed by atoms with van der Waals surface area (Å²) in [5, 5.41) is 3.83. The Labute approximate surface area is 154 Å². The zero-order valence-electron chi connectivity index (χ0n) is 14.8. The normalized spacial score (nSPS) is 16.5.